The molecule has 0 aromatic carbocycles. The van der Waals surface area contributed by atoms with Crippen LogP contribution in [0.5, 0.6) is 0 Å². The molecule has 0 aromatic rings. The zero-order valence-corrected chi connectivity index (χ0v) is 9.70. The van der Waals surface area contributed by atoms with Gasteiger partial charge in [-0.25, -0.2) is 21.6 Å². The number of sulfonamides is 1. The average molecular weight is 241 g/mol. The molecule has 1 saturated carbocycles. The van der Waals surface area contributed by atoms with E-state index in [9.17, 15) is 16.8 Å². The van der Waals surface area contributed by atoms with E-state index < -0.39 is 24.9 Å². The van der Waals surface area contributed by atoms with E-state index in [0.717, 1.165) is 31.9 Å². The van der Waals surface area contributed by atoms with Crippen LogP contribution in [-0.4, -0.2) is 34.2 Å². The van der Waals surface area contributed by atoms with Crippen LogP contribution in [0.3, 0.4) is 0 Å². The second kappa shape index (κ2) is 4.16. The fourth-order valence-corrected chi connectivity index (χ4v) is 4.88. The van der Waals surface area contributed by atoms with E-state index in [1.54, 1.807) is 0 Å². The predicted molar refractivity (Wildman–Crippen MR) is 54.0 cm³/mol. The second-order valence-corrected chi connectivity index (χ2v) is 8.02. The Hall–Kier alpha value is -0.140. The second-order valence-electron chi connectivity index (χ2n) is 3.76. The molecule has 1 rings (SSSR count). The minimum atomic E-state index is -3.66. The molecule has 0 amide bonds. The van der Waals surface area contributed by atoms with Crippen LogP contribution < -0.4 is 4.72 Å². The lowest BCUT2D eigenvalue weighted by atomic mass is 10.3. The maximum Gasteiger partial charge on any atom is 0.226 e. The fourth-order valence-electron chi connectivity index (χ4n) is 1.61. The van der Waals surface area contributed by atoms with Gasteiger partial charge >= 0.3 is 0 Å². The summed E-state index contributed by atoms with van der Waals surface area (Å²) in [4.78, 5) is 0. The molecule has 5 nitrogen and oxygen atoms in total. The number of sulfone groups is 1. The first-order valence-electron chi connectivity index (χ1n) is 4.46. The van der Waals surface area contributed by atoms with Crippen molar-refractivity contribution in [1.82, 2.24) is 4.72 Å². The Morgan fingerprint density at radius 1 is 1.14 bits per heavy atom. The lowest BCUT2D eigenvalue weighted by molar-refractivity contribution is 0.554. The van der Waals surface area contributed by atoms with Crippen molar-refractivity contribution in [3.63, 3.8) is 0 Å². The molecular weight excluding hydrogens is 226 g/mol. The third-order valence-electron chi connectivity index (χ3n) is 2.07. The highest BCUT2D eigenvalue weighted by Crippen LogP contribution is 2.18. The molecule has 84 valence electrons. The molecule has 0 radical (unpaired) electrons. The predicted octanol–water partition coefficient (Wildman–Crippen LogP) is -0.150. The Kier molecular flexibility index (Phi) is 3.54. The molecule has 1 aliphatic rings. The largest absolute Gasteiger partial charge is 0.228 e. The van der Waals surface area contributed by atoms with Gasteiger partial charge < -0.3 is 0 Å². The monoisotopic (exact) mass is 241 g/mol. The summed E-state index contributed by atoms with van der Waals surface area (Å²) in [5, 5.41) is -0.809. The summed E-state index contributed by atoms with van der Waals surface area (Å²) in [6.07, 6.45) is 4.55. The van der Waals surface area contributed by atoms with E-state index in [1.165, 1.54) is 0 Å². The first-order chi connectivity index (χ1) is 6.29. The summed E-state index contributed by atoms with van der Waals surface area (Å²) < 4.78 is 46.6. The zero-order valence-electron chi connectivity index (χ0n) is 8.06. The zero-order chi connectivity index (χ0) is 10.8. The highest BCUT2D eigenvalue weighted by Gasteiger charge is 2.24. The Labute approximate surface area is 84.9 Å². The molecule has 0 bridgehead atoms. The minimum Gasteiger partial charge on any atom is -0.228 e. The van der Waals surface area contributed by atoms with Gasteiger partial charge in [0.2, 0.25) is 10.0 Å². The number of rotatable bonds is 4. The van der Waals surface area contributed by atoms with E-state index >= 15 is 0 Å². The Balaban J connectivity index is 2.58. The van der Waals surface area contributed by atoms with Crippen molar-refractivity contribution in [3.8, 4) is 0 Å². The van der Waals surface area contributed by atoms with Crippen LogP contribution in [0.2, 0.25) is 0 Å². The quantitative estimate of drug-likeness (QED) is 0.742. The van der Waals surface area contributed by atoms with E-state index in [4.69, 9.17) is 0 Å². The summed E-state index contributed by atoms with van der Waals surface area (Å²) in [7, 11) is -7.13. The molecule has 0 aliphatic heterocycles. The van der Waals surface area contributed by atoms with Gasteiger partial charge in [-0.2, -0.15) is 0 Å². The lowest BCUT2D eigenvalue weighted by Crippen LogP contribution is -2.36. The standard InChI is InChI=1S/C7H15NO4S2/c1-13(9,10)6-14(11,12)8-7-4-2-3-5-7/h7-8H,2-6H2,1H3. The van der Waals surface area contributed by atoms with Crippen LogP contribution in [-0.2, 0) is 19.9 Å². The molecule has 0 atom stereocenters. The van der Waals surface area contributed by atoms with Crippen molar-refractivity contribution in [3.05, 3.63) is 0 Å². The van der Waals surface area contributed by atoms with E-state index in [1.807, 2.05) is 0 Å². The van der Waals surface area contributed by atoms with Crippen LogP contribution in [0.25, 0.3) is 0 Å². The minimum absolute atomic E-state index is 0.0678. The SMILES string of the molecule is CS(=O)(=O)CS(=O)(=O)NC1CCCC1. The van der Waals surface area contributed by atoms with E-state index in [2.05, 4.69) is 4.72 Å². The Bertz CT molecular complexity index is 378. The van der Waals surface area contributed by atoms with Crippen molar-refractivity contribution >= 4 is 19.9 Å². The summed E-state index contributed by atoms with van der Waals surface area (Å²) in [6, 6.07) is -0.0678. The van der Waals surface area contributed by atoms with Crippen LogP contribution in [0.4, 0.5) is 0 Å². The smallest absolute Gasteiger partial charge is 0.226 e. The number of nitrogens with one attached hydrogen (secondary N) is 1. The molecule has 0 unspecified atom stereocenters. The maximum atomic E-state index is 11.3. The third kappa shape index (κ3) is 4.39. The lowest BCUT2D eigenvalue weighted by Gasteiger charge is -2.11. The van der Waals surface area contributed by atoms with Gasteiger partial charge in [-0.05, 0) is 12.8 Å². The van der Waals surface area contributed by atoms with Gasteiger partial charge in [0.15, 0.2) is 14.9 Å². The molecule has 14 heavy (non-hydrogen) atoms. The number of hydrogen-bond acceptors (Lipinski definition) is 4. The van der Waals surface area contributed by atoms with E-state index in [-0.39, 0.29) is 6.04 Å². The average Bonchev–Trinajstić information content (AvgIpc) is 2.31. The Morgan fingerprint density at radius 2 is 1.64 bits per heavy atom. The highest BCUT2D eigenvalue weighted by atomic mass is 32.3. The fraction of sp³-hybridized carbons (Fsp3) is 1.00. The van der Waals surface area contributed by atoms with Gasteiger partial charge in [-0.3, -0.25) is 0 Å². The summed E-state index contributed by atoms with van der Waals surface area (Å²) in [5.74, 6) is 0. The molecule has 7 heteroatoms. The molecular formula is C7H15NO4S2. The van der Waals surface area contributed by atoms with Crippen molar-refractivity contribution in [2.45, 2.75) is 31.7 Å². The molecule has 0 heterocycles. The van der Waals surface area contributed by atoms with Gasteiger partial charge in [-0.1, -0.05) is 12.8 Å². The van der Waals surface area contributed by atoms with Crippen molar-refractivity contribution in [2.24, 2.45) is 0 Å². The first kappa shape index (κ1) is 11.9. The number of hydrogen-bond donors (Lipinski definition) is 1. The summed E-state index contributed by atoms with van der Waals surface area (Å²) in [5.41, 5.74) is 0. The van der Waals surface area contributed by atoms with Gasteiger partial charge in [0.25, 0.3) is 0 Å². The van der Waals surface area contributed by atoms with Crippen LogP contribution in [0.1, 0.15) is 25.7 Å². The normalized spacial score (nSPS) is 20.1. The van der Waals surface area contributed by atoms with Crippen molar-refractivity contribution in [2.75, 3.05) is 11.3 Å². The molecule has 0 saturated heterocycles. The van der Waals surface area contributed by atoms with Crippen molar-refractivity contribution in [1.29, 1.82) is 0 Å². The third-order valence-corrected chi connectivity index (χ3v) is 5.72. The van der Waals surface area contributed by atoms with Crippen molar-refractivity contribution < 1.29 is 16.8 Å². The van der Waals surface area contributed by atoms with Gasteiger partial charge in [0, 0.05) is 12.3 Å². The van der Waals surface area contributed by atoms with Gasteiger partial charge in [0.05, 0.1) is 0 Å². The summed E-state index contributed by atoms with van der Waals surface area (Å²) >= 11 is 0. The molecule has 1 aliphatic carbocycles. The van der Waals surface area contributed by atoms with Gasteiger partial charge in [0.1, 0.15) is 0 Å². The maximum absolute atomic E-state index is 11.3. The molecule has 1 N–H and O–H groups in total. The highest BCUT2D eigenvalue weighted by molar-refractivity contribution is 8.06. The first-order valence-corrected chi connectivity index (χ1v) is 8.17. The van der Waals surface area contributed by atoms with E-state index in [0.29, 0.717) is 0 Å². The van der Waals surface area contributed by atoms with Crippen LogP contribution in [0.15, 0.2) is 0 Å². The molecule has 0 aromatic heterocycles. The van der Waals surface area contributed by atoms with Crippen LogP contribution >= 0.6 is 0 Å². The topological polar surface area (TPSA) is 80.3 Å². The summed E-state index contributed by atoms with van der Waals surface area (Å²) in [6.45, 7) is 0. The Morgan fingerprint density at radius 3 is 2.07 bits per heavy atom. The molecule has 1 fully saturated rings. The van der Waals surface area contributed by atoms with Gasteiger partial charge in [-0.15, -0.1) is 0 Å². The van der Waals surface area contributed by atoms with Crippen LogP contribution in [0, 0.1) is 0 Å². The molecule has 0 spiro atoms.